The molecule has 0 heterocycles. The number of nitrogens with one attached hydrogen (secondary N) is 1. The number of hydrogen-bond acceptors (Lipinski definition) is 3. The van der Waals surface area contributed by atoms with Crippen molar-refractivity contribution in [2.45, 2.75) is 47.1 Å². The first-order chi connectivity index (χ1) is 7.46. The molecule has 0 bridgehead atoms. The van der Waals surface area contributed by atoms with E-state index in [-0.39, 0.29) is 11.7 Å². The van der Waals surface area contributed by atoms with Crippen LogP contribution in [0.4, 0.5) is 0 Å². The highest BCUT2D eigenvalue weighted by atomic mass is 32.2. The molecule has 0 rings (SSSR count). The first-order valence-electron chi connectivity index (χ1n) is 5.68. The predicted molar refractivity (Wildman–Crippen MR) is 67.3 cm³/mol. The largest absolute Gasteiger partial charge is 0.480 e. The molecule has 0 aliphatic heterocycles. The molecule has 102 valence electrons. The Labute approximate surface area is 104 Å². The van der Waals surface area contributed by atoms with Crippen molar-refractivity contribution in [2.24, 2.45) is 11.3 Å². The molecular formula is C11H23NO4S. The fourth-order valence-corrected chi connectivity index (χ4v) is 2.94. The predicted octanol–water partition coefficient (Wildman–Crippen LogP) is 1.45. The minimum absolute atomic E-state index is 0.0372. The lowest BCUT2D eigenvalue weighted by atomic mass is 9.88. The highest BCUT2D eigenvalue weighted by Gasteiger charge is 2.34. The van der Waals surface area contributed by atoms with Gasteiger partial charge in [0, 0.05) is 0 Å². The van der Waals surface area contributed by atoms with E-state index in [1.165, 1.54) is 0 Å². The maximum Gasteiger partial charge on any atom is 0.322 e. The Kier molecular flexibility index (Phi) is 5.61. The second kappa shape index (κ2) is 5.82. The van der Waals surface area contributed by atoms with Crippen LogP contribution < -0.4 is 4.72 Å². The van der Waals surface area contributed by atoms with Gasteiger partial charge >= 0.3 is 5.97 Å². The topological polar surface area (TPSA) is 83.5 Å². The maximum absolute atomic E-state index is 11.7. The molecule has 0 aromatic rings. The fourth-order valence-electron chi connectivity index (χ4n) is 1.23. The van der Waals surface area contributed by atoms with Crippen LogP contribution in [0.25, 0.3) is 0 Å². The summed E-state index contributed by atoms with van der Waals surface area (Å²) < 4.78 is 25.7. The maximum atomic E-state index is 11.7. The van der Waals surface area contributed by atoms with Crippen LogP contribution in [0, 0.1) is 11.3 Å². The van der Waals surface area contributed by atoms with E-state index < -0.39 is 27.4 Å². The van der Waals surface area contributed by atoms with E-state index >= 15 is 0 Å². The van der Waals surface area contributed by atoms with Gasteiger partial charge in [0.05, 0.1) is 5.75 Å². The van der Waals surface area contributed by atoms with Crippen LogP contribution >= 0.6 is 0 Å². The average molecular weight is 265 g/mol. The zero-order valence-electron chi connectivity index (χ0n) is 11.1. The lowest BCUT2D eigenvalue weighted by Crippen LogP contribution is -2.49. The molecule has 0 saturated heterocycles. The van der Waals surface area contributed by atoms with E-state index in [1.54, 1.807) is 20.8 Å². The van der Waals surface area contributed by atoms with Gasteiger partial charge in [-0.2, -0.15) is 0 Å². The molecule has 1 atom stereocenters. The van der Waals surface area contributed by atoms with Crippen molar-refractivity contribution in [1.82, 2.24) is 4.72 Å². The molecule has 6 heteroatoms. The molecule has 0 aromatic carbocycles. The molecule has 0 aromatic heterocycles. The summed E-state index contributed by atoms with van der Waals surface area (Å²) in [5.41, 5.74) is -0.656. The number of hydrogen-bond donors (Lipinski definition) is 2. The third kappa shape index (κ3) is 6.63. The molecule has 17 heavy (non-hydrogen) atoms. The van der Waals surface area contributed by atoms with E-state index in [9.17, 15) is 13.2 Å². The molecule has 0 aliphatic carbocycles. The monoisotopic (exact) mass is 265 g/mol. The van der Waals surface area contributed by atoms with Gasteiger partial charge in [0.25, 0.3) is 0 Å². The first-order valence-corrected chi connectivity index (χ1v) is 7.34. The Morgan fingerprint density at radius 1 is 1.29 bits per heavy atom. The Balaban J connectivity index is 4.72. The summed E-state index contributed by atoms with van der Waals surface area (Å²) in [6.07, 6.45) is 0.520. The van der Waals surface area contributed by atoms with E-state index in [1.807, 2.05) is 13.8 Å². The molecule has 0 saturated carbocycles. The van der Waals surface area contributed by atoms with Crippen LogP contribution in [-0.2, 0) is 14.8 Å². The molecular weight excluding hydrogens is 242 g/mol. The van der Waals surface area contributed by atoms with E-state index in [2.05, 4.69) is 4.72 Å². The number of rotatable bonds is 6. The number of carboxylic acid groups (broad SMARTS) is 1. The van der Waals surface area contributed by atoms with Gasteiger partial charge in [-0.1, -0.05) is 34.6 Å². The van der Waals surface area contributed by atoms with E-state index in [0.717, 1.165) is 0 Å². The summed E-state index contributed by atoms with van der Waals surface area (Å²) in [5, 5.41) is 9.02. The van der Waals surface area contributed by atoms with Gasteiger partial charge in [0.2, 0.25) is 10.0 Å². The summed E-state index contributed by atoms with van der Waals surface area (Å²) >= 11 is 0. The standard InChI is InChI=1S/C11H23NO4S/c1-8(2)6-7-17(15,16)12-9(10(13)14)11(3,4)5/h8-9,12H,6-7H2,1-5H3,(H,13,14)/t9-/m0/s1. The summed E-state index contributed by atoms with van der Waals surface area (Å²) in [6, 6.07) is -1.10. The number of aliphatic carboxylic acids is 1. The van der Waals surface area contributed by atoms with E-state index in [4.69, 9.17) is 5.11 Å². The summed E-state index contributed by atoms with van der Waals surface area (Å²) in [7, 11) is -3.53. The van der Waals surface area contributed by atoms with Crippen LogP contribution in [0.3, 0.4) is 0 Å². The van der Waals surface area contributed by atoms with Gasteiger partial charge in [-0.25, -0.2) is 13.1 Å². The molecule has 0 amide bonds. The summed E-state index contributed by atoms with van der Waals surface area (Å²) in [6.45, 7) is 8.92. The third-order valence-electron chi connectivity index (χ3n) is 2.37. The Bertz CT molecular complexity index is 354. The van der Waals surface area contributed by atoms with Crippen molar-refractivity contribution in [3.8, 4) is 0 Å². The quantitative estimate of drug-likeness (QED) is 0.761. The minimum Gasteiger partial charge on any atom is -0.480 e. The molecule has 0 spiro atoms. The highest BCUT2D eigenvalue weighted by molar-refractivity contribution is 7.89. The Morgan fingerprint density at radius 3 is 2.06 bits per heavy atom. The SMILES string of the molecule is CC(C)CCS(=O)(=O)N[C@@H](C(=O)O)C(C)(C)C. The normalized spacial score (nSPS) is 14.9. The second-order valence-corrected chi connectivity index (χ2v) is 7.63. The molecule has 0 radical (unpaired) electrons. The van der Waals surface area contributed by atoms with Gasteiger partial charge < -0.3 is 5.11 Å². The van der Waals surface area contributed by atoms with Crippen molar-refractivity contribution < 1.29 is 18.3 Å². The average Bonchev–Trinajstić information content (AvgIpc) is 2.09. The van der Waals surface area contributed by atoms with Gasteiger partial charge in [-0.15, -0.1) is 0 Å². The van der Waals surface area contributed by atoms with Crippen molar-refractivity contribution in [2.75, 3.05) is 5.75 Å². The molecule has 0 fully saturated rings. The Hall–Kier alpha value is -0.620. The van der Waals surface area contributed by atoms with Gasteiger partial charge in [0.15, 0.2) is 0 Å². The number of carboxylic acids is 1. The number of carbonyl (C=O) groups is 1. The van der Waals surface area contributed by atoms with Crippen LogP contribution in [0.15, 0.2) is 0 Å². The summed E-state index contributed by atoms with van der Waals surface area (Å²) in [4.78, 5) is 11.0. The fraction of sp³-hybridized carbons (Fsp3) is 0.909. The van der Waals surface area contributed by atoms with Gasteiger partial charge in [0.1, 0.15) is 6.04 Å². The summed E-state index contributed by atoms with van der Waals surface area (Å²) in [5.74, 6) is -0.917. The third-order valence-corrected chi connectivity index (χ3v) is 3.74. The highest BCUT2D eigenvalue weighted by Crippen LogP contribution is 2.20. The number of sulfonamides is 1. The second-order valence-electron chi connectivity index (χ2n) is 5.76. The van der Waals surface area contributed by atoms with E-state index in [0.29, 0.717) is 6.42 Å². The molecule has 5 nitrogen and oxygen atoms in total. The molecule has 0 unspecified atom stereocenters. The lowest BCUT2D eigenvalue weighted by Gasteiger charge is -2.27. The van der Waals surface area contributed by atoms with Crippen LogP contribution in [0.5, 0.6) is 0 Å². The smallest absolute Gasteiger partial charge is 0.322 e. The van der Waals surface area contributed by atoms with Crippen molar-refractivity contribution in [3.63, 3.8) is 0 Å². The zero-order valence-corrected chi connectivity index (χ0v) is 12.0. The minimum atomic E-state index is -3.53. The van der Waals surface area contributed by atoms with Crippen LogP contribution in [0.1, 0.15) is 41.0 Å². The zero-order chi connectivity index (χ0) is 13.9. The molecule has 2 N–H and O–H groups in total. The van der Waals surface area contributed by atoms with Crippen molar-refractivity contribution in [3.05, 3.63) is 0 Å². The Morgan fingerprint density at radius 2 is 1.76 bits per heavy atom. The first kappa shape index (κ1) is 16.4. The van der Waals surface area contributed by atoms with Gasteiger partial charge in [-0.05, 0) is 17.8 Å². The van der Waals surface area contributed by atoms with Gasteiger partial charge in [-0.3, -0.25) is 4.79 Å². The van der Waals surface area contributed by atoms with Crippen LogP contribution in [0.2, 0.25) is 0 Å². The molecule has 0 aliphatic rings. The van der Waals surface area contributed by atoms with Crippen molar-refractivity contribution in [1.29, 1.82) is 0 Å². The van der Waals surface area contributed by atoms with Crippen molar-refractivity contribution >= 4 is 16.0 Å². The van der Waals surface area contributed by atoms with Crippen LogP contribution in [-0.4, -0.2) is 31.3 Å². The lowest BCUT2D eigenvalue weighted by molar-refractivity contribution is -0.141.